The van der Waals surface area contributed by atoms with Crippen molar-refractivity contribution in [2.45, 2.75) is 50.4 Å². The Morgan fingerprint density at radius 2 is 1.81 bits per heavy atom. The van der Waals surface area contributed by atoms with E-state index in [4.69, 9.17) is 16.6 Å². The molecule has 1 saturated heterocycles. The van der Waals surface area contributed by atoms with E-state index in [0.29, 0.717) is 19.4 Å². The first-order chi connectivity index (χ1) is 12.6. The number of carboxylic acid groups (broad SMARTS) is 1. The van der Waals surface area contributed by atoms with E-state index in [-0.39, 0.29) is 0 Å². The van der Waals surface area contributed by atoms with E-state index in [2.05, 4.69) is 5.32 Å². The molecular weight excluding hydrogens is 362 g/mol. The molecule has 4 atom stereocenters. The van der Waals surface area contributed by atoms with Crippen molar-refractivity contribution in [3.05, 3.63) is 0 Å². The van der Waals surface area contributed by atoms with E-state index in [9.17, 15) is 29.1 Å². The number of hydrogen-bond donors (Lipinski definition) is 6. The van der Waals surface area contributed by atoms with Gasteiger partial charge in [0, 0.05) is 6.54 Å². The molecule has 0 spiro atoms. The van der Waals surface area contributed by atoms with Gasteiger partial charge in [0.25, 0.3) is 0 Å². The van der Waals surface area contributed by atoms with Crippen LogP contribution < -0.4 is 22.1 Å². The molecular formula is C15H25N5O7. The number of primary amides is 1. The molecule has 0 aliphatic carbocycles. The lowest BCUT2D eigenvalue weighted by Gasteiger charge is -2.27. The van der Waals surface area contributed by atoms with E-state index >= 15 is 0 Å². The van der Waals surface area contributed by atoms with Gasteiger partial charge in [0.15, 0.2) is 0 Å². The van der Waals surface area contributed by atoms with Gasteiger partial charge in [0.05, 0.1) is 19.1 Å². The lowest BCUT2D eigenvalue weighted by molar-refractivity contribution is -0.144. The number of rotatable bonds is 9. The van der Waals surface area contributed by atoms with E-state index < -0.39 is 66.8 Å². The van der Waals surface area contributed by atoms with Crippen molar-refractivity contribution < 1.29 is 34.2 Å². The van der Waals surface area contributed by atoms with Gasteiger partial charge in [-0.2, -0.15) is 0 Å². The summed E-state index contributed by atoms with van der Waals surface area (Å²) in [7, 11) is 0. The van der Waals surface area contributed by atoms with Crippen molar-refractivity contribution in [2.24, 2.45) is 11.5 Å². The highest BCUT2D eigenvalue weighted by Gasteiger charge is 2.37. The van der Waals surface area contributed by atoms with Crippen LogP contribution in [0.4, 0.5) is 0 Å². The van der Waals surface area contributed by atoms with E-state index in [1.165, 1.54) is 11.8 Å². The average Bonchev–Trinajstić information content (AvgIpc) is 3.06. The molecule has 12 nitrogen and oxygen atoms in total. The quantitative estimate of drug-likeness (QED) is 0.231. The number of hydrogen-bond acceptors (Lipinski definition) is 7. The number of amides is 4. The molecule has 12 heteroatoms. The van der Waals surface area contributed by atoms with E-state index in [1.807, 2.05) is 5.32 Å². The maximum atomic E-state index is 12.4. The van der Waals surface area contributed by atoms with Crippen molar-refractivity contribution >= 4 is 29.6 Å². The maximum Gasteiger partial charge on any atom is 0.326 e. The zero-order valence-corrected chi connectivity index (χ0v) is 14.9. The predicted octanol–water partition coefficient (Wildman–Crippen LogP) is -3.75. The molecule has 1 rings (SSSR count). The average molecular weight is 387 g/mol. The molecule has 0 radical (unpaired) electrons. The van der Waals surface area contributed by atoms with Crippen LogP contribution in [0, 0.1) is 0 Å². The number of carboxylic acids is 1. The Bertz CT molecular complexity index is 609. The molecule has 0 aromatic heterocycles. The Balaban J connectivity index is 2.77. The second-order valence-electron chi connectivity index (χ2n) is 6.29. The highest BCUT2D eigenvalue weighted by molar-refractivity contribution is 5.95. The molecule has 1 fully saturated rings. The SMILES string of the molecule is CC(N)C(=O)N1CCCC1C(=O)NC(CO)C(=O)NC(CC(N)=O)C(=O)O. The summed E-state index contributed by atoms with van der Waals surface area (Å²) >= 11 is 0. The molecule has 8 N–H and O–H groups in total. The van der Waals surface area contributed by atoms with Crippen LogP contribution in [0.25, 0.3) is 0 Å². The summed E-state index contributed by atoms with van der Waals surface area (Å²) in [6, 6.07) is -4.68. The van der Waals surface area contributed by atoms with Crippen LogP contribution in [0.3, 0.4) is 0 Å². The molecule has 1 aliphatic heterocycles. The number of aliphatic hydroxyl groups excluding tert-OH is 1. The zero-order chi connectivity index (χ0) is 20.7. The Labute approximate surface area is 155 Å². The van der Waals surface area contributed by atoms with Crippen molar-refractivity contribution in [1.82, 2.24) is 15.5 Å². The van der Waals surface area contributed by atoms with Gasteiger partial charge < -0.3 is 37.2 Å². The second kappa shape index (κ2) is 9.83. The number of aliphatic carboxylic acids is 1. The third-order valence-corrected chi connectivity index (χ3v) is 4.06. The number of nitrogens with one attached hydrogen (secondary N) is 2. The third kappa shape index (κ3) is 6.18. The molecule has 0 aromatic rings. The van der Waals surface area contributed by atoms with Gasteiger partial charge in [-0.1, -0.05) is 0 Å². The number of aliphatic hydroxyl groups is 1. The first-order valence-corrected chi connectivity index (χ1v) is 8.37. The van der Waals surface area contributed by atoms with Gasteiger partial charge in [-0.15, -0.1) is 0 Å². The first-order valence-electron chi connectivity index (χ1n) is 8.37. The number of nitrogens with zero attached hydrogens (tertiary/aromatic N) is 1. The van der Waals surface area contributed by atoms with Gasteiger partial charge in [0.2, 0.25) is 23.6 Å². The highest BCUT2D eigenvalue weighted by atomic mass is 16.4. The molecule has 152 valence electrons. The Morgan fingerprint density at radius 3 is 2.30 bits per heavy atom. The first kappa shape index (κ1) is 22.3. The minimum Gasteiger partial charge on any atom is -0.480 e. The summed E-state index contributed by atoms with van der Waals surface area (Å²) in [6.07, 6.45) is 0.294. The van der Waals surface area contributed by atoms with Crippen LogP contribution in [-0.4, -0.2) is 82.0 Å². The van der Waals surface area contributed by atoms with Crippen LogP contribution in [0.15, 0.2) is 0 Å². The van der Waals surface area contributed by atoms with Crippen LogP contribution in [0.5, 0.6) is 0 Å². The van der Waals surface area contributed by atoms with Crippen molar-refractivity contribution in [1.29, 1.82) is 0 Å². The monoisotopic (exact) mass is 387 g/mol. The third-order valence-electron chi connectivity index (χ3n) is 4.06. The summed E-state index contributed by atoms with van der Waals surface area (Å²) in [5.41, 5.74) is 10.5. The van der Waals surface area contributed by atoms with Crippen LogP contribution in [-0.2, 0) is 24.0 Å². The number of nitrogens with two attached hydrogens (primary N) is 2. The fourth-order valence-corrected chi connectivity index (χ4v) is 2.70. The van der Waals surface area contributed by atoms with Crippen LogP contribution in [0.2, 0.25) is 0 Å². The van der Waals surface area contributed by atoms with Crippen molar-refractivity contribution in [3.8, 4) is 0 Å². The molecule has 1 aliphatic rings. The van der Waals surface area contributed by atoms with Gasteiger partial charge >= 0.3 is 5.97 Å². The summed E-state index contributed by atoms with van der Waals surface area (Å²) < 4.78 is 0. The number of likely N-dealkylation sites (tertiary alicyclic amines) is 1. The minimum absolute atomic E-state index is 0.341. The molecule has 0 aromatic carbocycles. The summed E-state index contributed by atoms with van der Waals surface area (Å²) in [5.74, 6) is -4.51. The number of carbonyl (C=O) groups is 5. The summed E-state index contributed by atoms with van der Waals surface area (Å²) in [5, 5.41) is 22.7. The molecule has 0 saturated carbocycles. The molecule has 1 heterocycles. The standard InChI is InChI=1S/C15H25N5O7/c1-7(16)14(25)20-4-2-3-10(20)13(24)19-9(6-21)12(23)18-8(15(26)27)5-11(17)22/h7-10,21H,2-6,16H2,1H3,(H2,17,22)(H,18,23)(H,19,24)(H,26,27). The highest BCUT2D eigenvalue weighted by Crippen LogP contribution is 2.18. The largest absolute Gasteiger partial charge is 0.480 e. The Kier molecular flexibility index (Phi) is 8.12. The van der Waals surface area contributed by atoms with Crippen LogP contribution >= 0.6 is 0 Å². The van der Waals surface area contributed by atoms with Crippen molar-refractivity contribution in [3.63, 3.8) is 0 Å². The maximum absolute atomic E-state index is 12.4. The van der Waals surface area contributed by atoms with E-state index in [1.54, 1.807) is 0 Å². The fourth-order valence-electron chi connectivity index (χ4n) is 2.70. The summed E-state index contributed by atoms with van der Waals surface area (Å²) in [4.78, 5) is 59.9. The molecule has 4 unspecified atom stereocenters. The molecule has 0 bridgehead atoms. The smallest absolute Gasteiger partial charge is 0.326 e. The lowest BCUT2D eigenvalue weighted by atomic mass is 10.1. The van der Waals surface area contributed by atoms with Gasteiger partial charge in [0.1, 0.15) is 18.1 Å². The van der Waals surface area contributed by atoms with Crippen LogP contribution in [0.1, 0.15) is 26.2 Å². The van der Waals surface area contributed by atoms with Gasteiger partial charge in [-0.05, 0) is 19.8 Å². The lowest BCUT2D eigenvalue weighted by Crippen LogP contribution is -2.57. The Hall–Kier alpha value is -2.73. The van der Waals surface area contributed by atoms with E-state index in [0.717, 1.165) is 0 Å². The summed E-state index contributed by atoms with van der Waals surface area (Å²) in [6.45, 7) is 1.02. The van der Waals surface area contributed by atoms with Gasteiger partial charge in [-0.3, -0.25) is 19.2 Å². The molecule has 27 heavy (non-hydrogen) atoms. The second-order valence-corrected chi connectivity index (χ2v) is 6.29. The normalized spacial score (nSPS) is 19.7. The molecule has 4 amide bonds. The topological polar surface area (TPSA) is 205 Å². The van der Waals surface area contributed by atoms with Gasteiger partial charge in [-0.25, -0.2) is 4.79 Å². The minimum atomic E-state index is -1.59. The van der Waals surface area contributed by atoms with Crippen molar-refractivity contribution in [2.75, 3.05) is 13.2 Å². The predicted molar refractivity (Wildman–Crippen MR) is 90.8 cm³/mol. The fraction of sp³-hybridized carbons (Fsp3) is 0.667. The zero-order valence-electron chi connectivity index (χ0n) is 14.9. The Morgan fingerprint density at radius 1 is 1.19 bits per heavy atom. The number of carbonyl (C=O) groups excluding carboxylic acids is 4.